The summed E-state index contributed by atoms with van der Waals surface area (Å²) in [6.45, 7) is 5.25. The van der Waals surface area contributed by atoms with E-state index in [1.807, 2.05) is 12.1 Å². The van der Waals surface area contributed by atoms with Gasteiger partial charge in [0, 0.05) is 18.7 Å². The molecule has 0 spiro atoms. The predicted molar refractivity (Wildman–Crippen MR) is 82.1 cm³/mol. The van der Waals surface area contributed by atoms with Crippen molar-refractivity contribution in [2.24, 2.45) is 0 Å². The Morgan fingerprint density at radius 1 is 1.47 bits per heavy atom. The Labute approximate surface area is 119 Å². The van der Waals surface area contributed by atoms with Gasteiger partial charge in [0.1, 0.15) is 0 Å². The maximum absolute atomic E-state index is 8.30. The molecule has 0 bridgehead atoms. The number of benzene rings is 1. The van der Waals surface area contributed by atoms with Crippen molar-refractivity contribution in [2.75, 3.05) is 25.4 Å². The molecule has 1 heterocycles. The van der Waals surface area contributed by atoms with Gasteiger partial charge in [-0.05, 0) is 31.0 Å². The SMILES string of the molecule is CCCN1CC=C(C(=N)c2cccc(Cl)c2N)CC1. The van der Waals surface area contributed by atoms with Crippen LogP contribution in [0.3, 0.4) is 0 Å². The van der Waals surface area contributed by atoms with Crippen LogP contribution in [0.25, 0.3) is 0 Å². The number of rotatable bonds is 4. The number of halogens is 1. The first-order chi connectivity index (χ1) is 9.13. The molecule has 102 valence electrons. The third-order valence-electron chi connectivity index (χ3n) is 3.48. The van der Waals surface area contributed by atoms with Gasteiger partial charge >= 0.3 is 0 Å². The van der Waals surface area contributed by atoms with Crippen molar-refractivity contribution in [2.45, 2.75) is 19.8 Å². The zero-order valence-electron chi connectivity index (χ0n) is 11.2. The molecule has 1 aliphatic heterocycles. The third-order valence-corrected chi connectivity index (χ3v) is 3.81. The van der Waals surface area contributed by atoms with Crippen LogP contribution in [0.4, 0.5) is 5.69 Å². The van der Waals surface area contributed by atoms with Gasteiger partial charge in [-0.25, -0.2) is 0 Å². The summed E-state index contributed by atoms with van der Waals surface area (Å²) in [4.78, 5) is 2.40. The first-order valence-electron chi connectivity index (χ1n) is 6.68. The molecule has 0 saturated heterocycles. The molecule has 3 nitrogen and oxygen atoms in total. The van der Waals surface area contributed by atoms with E-state index in [4.69, 9.17) is 22.7 Å². The van der Waals surface area contributed by atoms with Crippen LogP contribution in [-0.4, -0.2) is 30.2 Å². The van der Waals surface area contributed by atoms with Gasteiger partial charge in [-0.1, -0.05) is 36.7 Å². The minimum absolute atomic E-state index is 0.506. The molecule has 0 unspecified atom stereocenters. The maximum atomic E-state index is 8.30. The van der Waals surface area contributed by atoms with E-state index in [2.05, 4.69) is 17.9 Å². The highest BCUT2D eigenvalue weighted by atomic mass is 35.5. The van der Waals surface area contributed by atoms with E-state index in [1.54, 1.807) is 6.07 Å². The normalized spacial score (nSPS) is 16.2. The molecule has 0 radical (unpaired) electrons. The third kappa shape index (κ3) is 3.17. The molecule has 0 atom stereocenters. The largest absolute Gasteiger partial charge is 0.397 e. The number of nitrogens with one attached hydrogen (secondary N) is 1. The van der Waals surface area contributed by atoms with Crippen LogP contribution in [0.2, 0.25) is 5.02 Å². The second-order valence-electron chi connectivity index (χ2n) is 4.86. The van der Waals surface area contributed by atoms with Crippen molar-refractivity contribution in [1.82, 2.24) is 4.90 Å². The Bertz CT molecular complexity index is 508. The fourth-order valence-corrected chi connectivity index (χ4v) is 2.56. The fraction of sp³-hybridized carbons (Fsp3) is 0.400. The summed E-state index contributed by atoms with van der Waals surface area (Å²) in [7, 11) is 0. The Morgan fingerprint density at radius 3 is 2.89 bits per heavy atom. The minimum atomic E-state index is 0.506. The number of para-hydroxylation sites is 1. The van der Waals surface area contributed by atoms with Crippen LogP contribution in [0.15, 0.2) is 29.8 Å². The molecule has 2 rings (SSSR count). The zero-order valence-corrected chi connectivity index (χ0v) is 12.0. The van der Waals surface area contributed by atoms with Crippen molar-refractivity contribution in [3.05, 3.63) is 40.4 Å². The highest BCUT2D eigenvalue weighted by Crippen LogP contribution is 2.26. The molecule has 19 heavy (non-hydrogen) atoms. The van der Waals surface area contributed by atoms with Gasteiger partial charge in [0.15, 0.2) is 0 Å². The zero-order chi connectivity index (χ0) is 13.8. The van der Waals surface area contributed by atoms with Gasteiger partial charge in [-0.3, -0.25) is 10.3 Å². The summed E-state index contributed by atoms with van der Waals surface area (Å²) in [5.41, 5.74) is 8.78. The molecule has 1 aromatic rings. The molecule has 0 aromatic heterocycles. The molecular formula is C15H20ClN3. The highest BCUT2D eigenvalue weighted by molar-refractivity contribution is 6.34. The van der Waals surface area contributed by atoms with Crippen LogP contribution >= 0.6 is 11.6 Å². The number of nitrogen functional groups attached to an aromatic ring is 1. The number of anilines is 1. The predicted octanol–water partition coefficient (Wildman–Crippen LogP) is 3.33. The van der Waals surface area contributed by atoms with Gasteiger partial charge in [-0.2, -0.15) is 0 Å². The summed E-state index contributed by atoms with van der Waals surface area (Å²) < 4.78 is 0. The van der Waals surface area contributed by atoms with E-state index in [0.717, 1.165) is 37.2 Å². The molecule has 0 amide bonds. The molecule has 0 fully saturated rings. The Balaban J connectivity index is 2.15. The molecule has 0 saturated carbocycles. The summed E-state index contributed by atoms with van der Waals surface area (Å²) >= 11 is 6.01. The van der Waals surface area contributed by atoms with Gasteiger partial charge < -0.3 is 5.73 Å². The summed E-state index contributed by atoms with van der Waals surface area (Å²) in [5, 5.41) is 8.82. The van der Waals surface area contributed by atoms with Crippen LogP contribution in [0.1, 0.15) is 25.3 Å². The van der Waals surface area contributed by atoms with Crippen molar-refractivity contribution < 1.29 is 0 Å². The highest BCUT2D eigenvalue weighted by Gasteiger charge is 2.17. The van der Waals surface area contributed by atoms with Gasteiger partial charge in [0.05, 0.1) is 16.4 Å². The topological polar surface area (TPSA) is 53.1 Å². The van der Waals surface area contributed by atoms with Crippen LogP contribution in [0, 0.1) is 5.41 Å². The fourth-order valence-electron chi connectivity index (χ4n) is 2.39. The maximum Gasteiger partial charge on any atom is 0.0663 e. The smallest absolute Gasteiger partial charge is 0.0663 e. The van der Waals surface area contributed by atoms with Gasteiger partial charge in [-0.15, -0.1) is 0 Å². The Hall–Kier alpha value is -1.32. The van der Waals surface area contributed by atoms with Crippen LogP contribution in [0.5, 0.6) is 0 Å². The monoisotopic (exact) mass is 277 g/mol. The van der Waals surface area contributed by atoms with Gasteiger partial charge in [0.2, 0.25) is 0 Å². The lowest BCUT2D eigenvalue weighted by atomic mass is 9.96. The quantitative estimate of drug-likeness (QED) is 0.655. The van der Waals surface area contributed by atoms with E-state index >= 15 is 0 Å². The van der Waals surface area contributed by atoms with E-state index in [-0.39, 0.29) is 0 Å². The number of hydrogen-bond acceptors (Lipinski definition) is 3. The molecular weight excluding hydrogens is 258 g/mol. The lowest BCUT2D eigenvalue weighted by Crippen LogP contribution is -2.31. The first kappa shape index (κ1) is 14.1. The standard InChI is InChI=1S/C15H20ClN3/c1-2-8-19-9-6-11(7-10-19)14(17)12-4-3-5-13(16)15(12)18/h3-6,17H,2,7-10,18H2,1H3. The summed E-state index contributed by atoms with van der Waals surface area (Å²) in [6.07, 6.45) is 4.22. The number of nitrogens with two attached hydrogens (primary N) is 1. The molecule has 3 N–H and O–H groups in total. The average Bonchev–Trinajstić information content (AvgIpc) is 2.42. The lowest BCUT2D eigenvalue weighted by Gasteiger charge is -2.26. The lowest BCUT2D eigenvalue weighted by molar-refractivity contribution is 0.297. The van der Waals surface area contributed by atoms with Crippen molar-refractivity contribution in [1.29, 1.82) is 5.41 Å². The summed E-state index contributed by atoms with van der Waals surface area (Å²) in [5.74, 6) is 0. The van der Waals surface area contributed by atoms with E-state index in [9.17, 15) is 0 Å². The van der Waals surface area contributed by atoms with E-state index in [1.165, 1.54) is 6.42 Å². The Morgan fingerprint density at radius 2 is 2.26 bits per heavy atom. The molecule has 1 aliphatic rings. The van der Waals surface area contributed by atoms with Gasteiger partial charge in [0.25, 0.3) is 0 Å². The average molecular weight is 278 g/mol. The number of nitrogens with zero attached hydrogens (tertiary/aromatic N) is 1. The summed E-state index contributed by atoms with van der Waals surface area (Å²) in [6, 6.07) is 5.46. The molecule has 4 heteroatoms. The van der Waals surface area contributed by atoms with Crippen molar-refractivity contribution >= 4 is 23.0 Å². The van der Waals surface area contributed by atoms with Crippen molar-refractivity contribution in [3.63, 3.8) is 0 Å². The number of hydrogen-bond donors (Lipinski definition) is 2. The first-order valence-corrected chi connectivity index (χ1v) is 7.06. The molecule has 0 aliphatic carbocycles. The van der Waals surface area contributed by atoms with Crippen LogP contribution < -0.4 is 5.73 Å². The second kappa shape index (κ2) is 6.22. The van der Waals surface area contributed by atoms with E-state index in [0.29, 0.717) is 16.4 Å². The second-order valence-corrected chi connectivity index (χ2v) is 5.26. The molecule has 1 aromatic carbocycles. The Kier molecular flexibility index (Phi) is 4.61. The van der Waals surface area contributed by atoms with Crippen LogP contribution in [-0.2, 0) is 0 Å². The van der Waals surface area contributed by atoms with E-state index < -0.39 is 0 Å². The minimum Gasteiger partial charge on any atom is -0.397 e. The van der Waals surface area contributed by atoms with Crippen molar-refractivity contribution in [3.8, 4) is 0 Å².